The molecule has 0 saturated heterocycles. The normalized spacial score (nSPS) is 19.4. The van der Waals surface area contributed by atoms with E-state index in [9.17, 15) is 0 Å². The lowest BCUT2D eigenvalue weighted by molar-refractivity contribution is 0.00222. The van der Waals surface area contributed by atoms with E-state index in [1.165, 1.54) is 16.7 Å². The van der Waals surface area contributed by atoms with E-state index in [0.29, 0.717) is 16.6 Å². The summed E-state index contributed by atoms with van der Waals surface area (Å²) in [6.07, 6.45) is 6.85. The van der Waals surface area contributed by atoms with E-state index in [1.807, 2.05) is 0 Å². The van der Waals surface area contributed by atoms with Crippen LogP contribution in [0.1, 0.15) is 84.5 Å². The van der Waals surface area contributed by atoms with Crippen LogP contribution >= 0.6 is 0 Å². The Morgan fingerprint density at radius 3 is 1.97 bits per heavy atom. The molecule has 0 radical (unpaired) electrons. The van der Waals surface area contributed by atoms with E-state index in [2.05, 4.69) is 108 Å². The fourth-order valence-corrected chi connectivity index (χ4v) is 11.4. The van der Waals surface area contributed by atoms with Crippen molar-refractivity contribution in [1.29, 1.82) is 0 Å². The molecule has 0 saturated carbocycles. The lowest BCUT2D eigenvalue weighted by atomic mass is 9.91. The van der Waals surface area contributed by atoms with Gasteiger partial charge in [-0.1, -0.05) is 108 Å². The first-order valence-corrected chi connectivity index (χ1v) is 15.1. The van der Waals surface area contributed by atoms with Crippen molar-refractivity contribution < 1.29 is 9.16 Å². The fourth-order valence-electron chi connectivity index (χ4n) is 5.87. The predicted octanol–water partition coefficient (Wildman–Crippen LogP) is 8.96. The van der Waals surface area contributed by atoms with Gasteiger partial charge in [-0.2, -0.15) is 0 Å². The fraction of sp³-hybridized carbons (Fsp3) is 0.533. The van der Waals surface area contributed by atoms with Crippen molar-refractivity contribution in [1.82, 2.24) is 0 Å². The number of hydrogen-bond donors (Lipinski definition) is 0. The van der Waals surface area contributed by atoms with Crippen LogP contribution in [0.2, 0.25) is 16.6 Å². The van der Waals surface area contributed by atoms with E-state index >= 15 is 0 Å². The third kappa shape index (κ3) is 6.47. The zero-order valence-electron chi connectivity index (χ0n) is 21.6. The monoisotopic (exact) mass is 464 g/mol. The second-order valence-corrected chi connectivity index (χ2v) is 16.0. The lowest BCUT2D eigenvalue weighted by Crippen LogP contribution is -2.47. The zero-order valence-corrected chi connectivity index (χ0v) is 22.6. The molecule has 2 nitrogen and oxygen atoms in total. The largest absolute Gasteiger partial charge is 0.416 e. The molecule has 1 aliphatic rings. The molecule has 0 amide bonds. The number of benzene rings is 2. The average Bonchev–Trinajstić information content (AvgIpc) is 2.81. The average molecular weight is 465 g/mol. The molecule has 0 spiro atoms. The predicted molar refractivity (Wildman–Crippen MR) is 144 cm³/mol. The van der Waals surface area contributed by atoms with Crippen LogP contribution in [-0.2, 0) is 9.16 Å². The van der Waals surface area contributed by atoms with E-state index in [0.717, 1.165) is 32.3 Å². The van der Waals surface area contributed by atoms with Crippen LogP contribution in [0.3, 0.4) is 0 Å². The standard InChI is InChI=1S/C30H44O2Si/c1-23(2)33(24(3)4,25(5)6)31-20-14-13-19-29-21-28(26-15-9-7-10-16-26)22-30(32-29)27-17-11-8-12-18-27/h7-12,15-18,21,23-25,29-30H,13-14,19-20,22H2,1-6H3/t29-,30-/m0/s1. The van der Waals surface area contributed by atoms with E-state index < -0.39 is 8.32 Å². The number of hydrogen-bond acceptors (Lipinski definition) is 2. The van der Waals surface area contributed by atoms with Gasteiger partial charge in [-0.05, 0) is 52.6 Å². The van der Waals surface area contributed by atoms with Crippen molar-refractivity contribution in [2.45, 2.75) is 96.1 Å². The molecule has 2 aromatic rings. The highest BCUT2D eigenvalue weighted by Gasteiger charge is 2.44. The molecule has 0 aromatic heterocycles. The van der Waals surface area contributed by atoms with E-state index in [1.54, 1.807) is 0 Å². The van der Waals surface area contributed by atoms with Gasteiger partial charge < -0.3 is 9.16 Å². The second kappa shape index (κ2) is 12.1. The van der Waals surface area contributed by atoms with Crippen LogP contribution in [0.25, 0.3) is 5.57 Å². The minimum absolute atomic E-state index is 0.121. The Balaban J connectivity index is 1.63. The summed E-state index contributed by atoms with van der Waals surface area (Å²) in [6, 6.07) is 21.5. The molecule has 0 aliphatic carbocycles. The van der Waals surface area contributed by atoms with Crippen molar-refractivity contribution in [3.8, 4) is 0 Å². The Morgan fingerprint density at radius 2 is 1.39 bits per heavy atom. The van der Waals surface area contributed by atoms with E-state index in [4.69, 9.17) is 9.16 Å². The SMILES string of the molecule is CC(C)[Si](OCCCC[C@H]1C=C(c2ccccc2)C[C@@H](c2ccccc2)O1)(C(C)C)C(C)C. The maximum Gasteiger partial charge on any atom is 0.200 e. The van der Waals surface area contributed by atoms with E-state index in [-0.39, 0.29) is 12.2 Å². The van der Waals surface area contributed by atoms with Gasteiger partial charge in [-0.15, -0.1) is 0 Å². The summed E-state index contributed by atoms with van der Waals surface area (Å²) < 4.78 is 13.3. The number of ether oxygens (including phenoxy) is 1. The van der Waals surface area contributed by atoms with Gasteiger partial charge in [0.1, 0.15) is 0 Å². The molecule has 1 aliphatic heterocycles. The molecule has 3 heteroatoms. The second-order valence-electron chi connectivity index (χ2n) is 10.5. The number of rotatable bonds is 11. The topological polar surface area (TPSA) is 18.5 Å². The molecular weight excluding hydrogens is 420 g/mol. The summed E-state index contributed by atoms with van der Waals surface area (Å²) in [5.41, 5.74) is 5.92. The highest BCUT2D eigenvalue weighted by molar-refractivity contribution is 6.77. The minimum Gasteiger partial charge on any atom is -0.416 e. The van der Waals surface area contributed by atoms with Crippen molar-refractivity contribution in [3.63, 3.8) is 0 Å². The number of unbranched alkanes of at least 4 members (excludes halogenated alkanes) is 1. The van der Waals surface area contributed by atoms with Crippen LogP contribution in [0, 0.1) is 0 Å². The van der Waals surface area contributed by atoms with Gasteiger partial charge in [0.15, 0.2) is 8.32 Å². The molecule has 3 rings (SSSR count). The first-order chi connectivity index (χ1) is 15.8. The summed E-state index contributed by atoms with van der Waals surface area (Å²) in [4.78, 5) is 0. The highest BCUT2D eigenvalue weighted by atomic mass is 28.4. The third-order valence-electron chi connectivity index (χ3n) is 7.39. The molecule has 2 aromatic carbocycles. The van der Waals surface area contributed by atoms with Crippen LogP contribution in [0.4, 0.5) is 0 Å². The van der Waals surface area contributed by atoms with Crippen molar-refractivity contribution in [3.05, 3.63) is 77.9 Å². The van der Waals surface area contributed by atoms with Gasteiger partial charge in [0.25, 0.3) is 0 Å². The summed E-state index contributed by atoms with van der Waals surface area (Å²) >= 11 is 0. The third-order valence-corrected chi connectivity index (χ3v) is 13.5. The summed E-state index contributed by atoms with van der Waals surface area (Å²) in [5.74, 6) is 0. The summed E-state index contributed by atoms with van der Waals surface area (Å²) in [7, 11) is -1.77. The maximum absolute atomic E-state index is 6.77. The van der Waals surface area contributed by atoms with Crippen LogP contribution in [0.15, 0.2) is 66.7 Å². The highest BCUT2D eigenvalue weighted by Crippen LogP contribution is 2.42. The van der Waals surface area contributed by atoms with Gasteiger partial charge in [0, 0.05) is 13.0 Å². The van der Waals surface area contributed by atoms with Crippen LogP contribution < -0.4 is 0 Å². The smallest absolute Gasteiger partial charge is 0.200 e. The molecule has 33 heavy (non-hydrogen) atoms. The zero-order chi connectivity index (χ0) is 23.8. The summed E-state index contributed by atoms with van der Waals surface area (Å²) in [6.45, 7) is 15.1. The molecule has 0 N–H and O–H groups in total. The van der Waals surface area contributed by atoms with Gasteiger partial charge >= 0.3 is 0 Å². The van der Waals surface area contributed by atoms with Crippen molar-refractivity contribution in [2.24, 2.45) is 0 Å². The Bertz CT molecular complexity index is 836. The maximum atomic E-state index is 6.77. The van der Waals surface area contributed by atoms with Gasteiger partial charge in [-0.25, -0.2) is 0 Å². The lowest BCUT2D eigenvalue weighted by Gasteiger charge is -2.42. The van der Waals surface area contributed by atoms with Crippen molar-refractivity contribution >= 4 is 13.9 Å². The van der Waals surface area contributed by atoms with Gasteiger partial charge in [0.05, 0.1) is 12.2 Å². The molecule has 0 unspecified atom stereocenters. The Morgan fingerprint density at radius 1 is 0.818 bits per heavy atom. The molecule has 0 bridgehead atoms. The first kappa shape index (κ1) is 25.9. The minimum atomic E-state index is -1.77. The van der Waals surface area contributed by atoms with Crippen LogP contribution in [-0.4, -0.2) is 21.0 Å². The molecular formula is C30H44O2Si. The molecule has 2 atom stereocenters. The molecule has 1 heterocycles. The Hall–Kier alpha value is -1.68. The first-order valence-electron chi connectivity index (χ1n) is 12.9. The van der Waals surface area contributed by atoms with Crippen LogP contribution in [0.5, 0.6) is 0 Å². The molecule has 0 fully saturated rings. The quantitative estimate of drug-likeness (QED) is 0.244. The Kier molecular flexibility index (Phi) is 9.54. The molecule has 180 valence electrons. The van der Waals surface area contributed by atoms with Crippen molar-refractivity contribution in [2.75, 3.05) is 6.61 Å². The Labute approximate surface area is 203 Å². The summed E-state index contributed by atoms with van der Waals surface area (Å²) in [5, 5.41) is 0. The van der Waals surface area contributed by atoms with Gasteiger partial charge in [0.2, 0.25) is 0 Å². The van der Waals surface area contributed by atoms with Gasteiger partial charge in [-0.3, -0.25) is 0 Å².